The molecule has 1 aromatic rings. The molecular weight excluding hydrogens is 270 g/mol. The highest BCUT2D eigenvalue weighted by molar-refractivity contribution is 9.10. The molecule has 0 saturated heterocycles. The Morgan fingerprint density at radius 2 is 2.29 bits per heavy atom. The van der Waals surface area contributed by atoms with Crippen molar-refractivity contribution in [2.75, 3.05) is 5.73 Å². The summed E-state index contributed by atoms with van der Waals surface area (Å²) in [6.07, 6.45) is 0. The minimum absolute atomic E-state index is 0.163. The van der Waals surface area contributed by atoms with Gasteiger partial charge in [-0.05, 0) is 33.8 Å². The van der Waals surface area contributed by atoms with Crippen LogP contribution in [0.3, 0.4) is 0 Å². The van der Waals surface area contributed by atoms with E-state index >= 15 is 0 Å². The Bertz CT molecular complexity index is 430. The zero-order chi connectivity index (χ0) is 10.7. The molecule has 0 spiro atoms. The fraction of sp³-hybridized carbons (Fsp3) is 0. The van der Waals surface area contributed by atoms with Gasteiger partial charge in [-0.15, -0.1) is 0 Å². The van der Waals surface area contributed by atoms with Gasteiger partial charge in [0.05, 0.1) is 4.92 Å². The maximum Gasteiger partial charge on any atom is 0.287 e. The summed E-state index contributed by atoms with van der Waals surface area (Å²) in [6.45, 7) is 0. The third-order valence-corrected chi connectivity index (χ3v) is 3.00. The number of nitriles is 1. The predicted octanol–water partition coefficient (Wildman–Crippen LogP) is 2.51. The standard InChI is InChI=1S/C7H4BrN3O2S/c8-5-1-4(10)2-6(11(12)13)7(5)14-3-9/h1-2H,10H2. The second kappa shape index (κ2) is 4.30. The number of nitrogens with two attached hydrogens (primary N) is 1. The smallest absolute Gasteiger partial charge is 0.287 e. The molecule has 5 nitrogen and oxygen atoms in total. The molecular formula is C7H4BrN3O2S. The van der Waals surface area contributed by atoms with Crippen molar-refractivity contribution >= 4 is 39.1 Å². The van der Waals surface area contributed by atoms with Crippen LogP contribution in [0.15, 0.2) is 21.5 Å². The molecule has 1 aromatic carbocycles. The molecule has 0 bridgehead atoms. The number of nitrogens with zero attached hydrogens (tertiary/aromatic N) is 2. The number of thiocyanates is 1. The van der Waals surface area contributed by atoms with E-state index in [0.717, 1.165) is 11.8 Å². The fourth-order valence-electron chi connectivity index (χ4n) is 0.882. The molecule has 7 heteroatoms. The van der Waals surface area contributed by atoms with Gasteiger partial charge in [0.2, 0.25) is 0 Å². The number of hydrogen-bond donors (Lipinski definition) is 1. The maximum absolute atomic E-state index is 10.6. The van der Waals surface area contributed by atoms with Crippen molar-refractivity contribution in [1.29, 1.82) is 5.26 Å². The summed E-state index contributed by atoms with van der Waals surface area (Å²) < 4.78 is 0.454. The first-order valence-electron chi connectivity index (χ1n) is 3.35. The minimum atomic E-state index is -0.569. The van der Waals surface area contributed by atoms with Crippen molar-refractivity contribution in [2.45, 2.75) is 4.90 Å². The molecule has 14 heavy (non-hydrogen) atoms. The van der Waals surface area contributed by atoms with Gasteiger partial charge in [-0.2, -0.15) is 5.26 Å². The quantitative estimate of drug-likeness (QED) is 0.294. The van der Waals surface area contributed by atoms with Crippen LogP contribution < -0.4 is 5.73 Å². The van der Waals surface area contributed by atoms with Crippen molar-refractivity contribution < 1.29 is 4.92 Å². The maximum atomic E-state index is 10.6. The molecule has 0 radical (unpaired) electrons. The van der Waals surface area contributed by atoms with E-state index in [1.165, 1.54) is 12.1 Å². The lowest BCUT2D eigenvalue weighted by molar-refractivity contribution is -0.387. The van der Waals surface area contributed by atoms with E-state index in [2.05, 4.69) is 15.9 Å². The van der Waals surface area contributed by atoms with Crippen LogP contribution in [0.1, 0.15) is 0 Å². The first-order chi connectivity index (χ1) is 6.56. The predicted molar refractivity (Wildman–Crippen MR) is 56.7 cm³/mol. The SMILES string of the molecule is N#CSc1c(Br)cc(N)cc1[N+](=O)[O-]. The van der Waals surface area contributed by atoms with Crippen LogP contribution in [0.5, 0.6) is 0 Å². The van der Waals surface area contributed by atoms with Crippen molar-refractivity contribution in [2.24, 2.45) is 0 Å². The Hall–Kier alpha value is -1.26. The third kappa shape index (κ3) is 2.16. The highest BCUT2D eigenvalue weighted by atomic mass is 79.9. The Balaban J connectivity index is 3.38. The summed E-state index contributed by atoms with van der Waals surface area (Å²) >= 11 is 3.84. The van der Waals surface area contributed by atoms with E-state index in [0.29, 0.717) is 4.47 Å². The molecule has 72 valence electrons. The number of nitrogen functional groups attached to an aromatic ring is 1. The summed E-state index contributed by atoms with van der Waals surface area (Å²) in [5, 5.41) is 20.8. The average Bonchev–Trinajstić information content (AvgIpc) is 2.09. The molecule has 0 amide bonds. The van der Waals surface area contributed by atoms with Gasteiger partial charge >= 0.3 is 0 Å². The number of rotatable bonds is 2. The number of anilines is 1. The van der Waals surface area contributed by atoms with Crippen LogP contribution in [-0.4, -0.2) is 4.92 Å². The molecule has 0 aliphatic carbocycles. The first kappa shape index (κ1) is 10.8. The second-order valence-corrected chi connectivity index (χ2v) is 3.95. The highest BCUT2D eigenvalue weighted by Gasteiger charge is 2.18. The Labute approximate surface area is 92.2 Å². The average molecular weight is 274 g/mol. The Morgan fingerprint density at radius 3 is 2.79 bits per heavy atom. The summed E-state index contributed by atoms with van der Waals surface area (Å²) in [6, 6.07) is 2.75. The van der Waals surface area contributed by atoms with E-state index in [-0.39, 0.29) is 16.3 Å². The molecule has 0 saturated carbocycles. The van der Waals surface area contributed by atoms with Gasteiger partial charge in [-0.1, -0.05) is 0 Å². The van der Waals surface area contributed by atoms with E-state index in [1.54, 1.807) is 5.40 Å². The normalized spacial score (nSPS) is 9.43. The number of halogens is 1. The summed E-state index contributed by atoms with van der Waals surface area (Å²) in [4.78, 5) is 10.3. The van der Waals surface area contributed by atoms with Crippen LogP contribution >= 0.6 is 27.7 Å². The molecule has 2 N–H and O–H groups in total. The lowest BCUT2D eigenvalue weighted by Gasteiger charge is -2.01. The van der Waals surface area contributed by atoms with E-state index < -0.39 is 4.92 Å². The monoisotopic (exact) mass is 273 g/mol. The van der Waals surface area contributed by atoms with Gasteiger partial charge in [0.15, 0.2) is 0 Å². The summed E-state index contributed by atoms with van der Waals surface area (Å²) in [5.74, 6) is 0. The van der Waals surface area contributed by atoms with Crippen molar-refractivity contribution in [3.8, 4) is 5.40 Å². The number of hydrogen-bond acceptors (Lipinski definition) is 5. The largest absolute Gasteiger partial charge is 0.398 e. The van der Waals surface area contributed by atoms with E-state index in [4.69, 9.17) is 11.0 Å². The van der Waals surface area contributed by atoms with Crippen LogP contribution in [0.4, 0.5) is 11.4 Å². The Kier molecular flexibility index (Phi) is 3.33. The van der Waals surface area contributed by atoms with Crippen molar-refractivity contribution in [3.63, 3.8) is 0 Å². The van der Waals surface area contributed by atoms with E-state index in [9.17, 15) is 10.1 Å². The van der Waals surface area contributed by atoms with Gasteiger partial charge < -0.3 is 5.73 Å². The van der Waals surface area contributed by atoms with Gasteiger partial charge in [-0.25, -0.2) is 0 Å². The third-order valence-electron chi connectivity index (χ3n) is 1.39. The van der Waals surface area contributed by atoms with Crippen LogP contribution in [0.2, 0.25) is 0 Å². The first-order valence-corrected chi connectivity index (χ1v) is 4.96. The number of benzene rings is 1. The zero-order valence-electron chi connectivity index (χ0n) is 6.73. The molecule has 1 rings (SSSR count). The van der Waals surface area contributed by atoms with Crippen LogP contribution in [0, 0.1) is 20.8 Å². The molecule has 0 heterocycles. The zero-order valence-corrected chi connectivity index (χ0v) is 9.13. The second-order valence-electron chi connectivity index (χ2n) is 2.30. The summed E-state index contributed by atoms with van der Waals surface area (Å²) in [5.41, 5.74) is 5.56. The number of nitro benzene ring substituents is 1. The van der Waals surface area contributed by atoms with Gasteiger partial charge in [0.25, 0.3) is 5.69 Å². The number of thioether (sulfide) groups is 1. The Morgan fingerprint density at radius 1 is 1.64 bits per heavy atom. The fourth-order valence-corrected chi connectivity index (χ4v) is 2.08. The molecule has 0 aromatic heterocycles. The van der Waals surface area contributed by atoms with Crippen molar-refractivity contribution in [3.05, 3.63) is 26.7 Å². The van der Waals surface area contributed by atoms with Gasteiger partial charge in [-0.3, -0.25) is 10.1 Å². The van der Waals surface area contributed by atoms with E-state index in [1.807, 2.05) is 0 Å². The topological polar surface area (TPSA) is 93.0 Å². The van der Waals surface area contributed by atoms with Crippen LogP contribution in [-0.2, 0) is 0 Å². The minimum Gasteiger partial charge on any atom is -0.398 e. The highest BCUT2D eigenvalue weighted by Crippen LogP contribution is 2.37. The molecule has 0 aliphatic heterocycles. The summed E-state index contributed by atoms with van der Waals surface area (Å²) in [7, 11) is 0. The molecule has 0 aliphatic rings. The van der Waals surface area contributed by atoms with Gasteiger partial charge in [0.1, 0.15) is 10.3 Å². The lowest BCUT2D eigenvalue weighted by Crippen LogP contribution is -1.94. The van der Waals surface area contributed by atoms with Crippen LogP contribution in [0.25, 0.3) is 0 Å². The molecule has 0 unspecified atom stereocenters. The van der Waals surface area contributed by atoms with Crippen molar-refractivity contribution in [1.82, 2.24) is 0 Å². The molecule has 0 fully saturated rings. The number of nitro groups is 1. The molecule has 0 atom stereocenters. The lowest BCUT2D eigenvalue weighted by atomic mass is 10.3. The van der Waals surface area contributed by atoms with Gasteiger partial charge in [0, 0.05) is 16.2 Å².